The first kappa shape index (κ1) is 19.5. The zero-order valence-corrected chi connectivity index (χ0v) is 15.7. The van der Waals surface area contributed by atoms with Crippen LogP contribution >= 0.6 is 0 Å². The number of rotatable bonds is 11. The smallest absolute Gasteiger partial charge is 0.191 e. The number of piperidine rings is 1. The molecule has 2 rings (SSSR count). The molecule has 140 valence electrons. The molecule has 0 aromatic rings. The summed E-state index contributed by atoms with van der Waals surface area (Å²) in [4.78, 5) is 9.81. The van der Waals surface area contributed by atoms with E-state index in [-0.39, 0.29) is 0 Å². The third-order valence-electron chi connectivity index (χ3n) is 4.82. The third-order valence-corrected chi connectivity index (χ3v) is 4.82. The van der Waals surface area contributed by atoms with E-state index in [1.54, 1.807) is 7.11 Å². The fourth-order valence-corrected chi connectivity index (χ4v) is 3.27. The molecule has 1 saturated carbocycles. The summed E-state index contributed by atoms with van der Waals surface area (Å²) in [5.41, 5.74) is 0. The fraction of sp³-hybridized carbons (Fsp3) is 0.944. The van der Waals surface area contributed by atoms with E-state index in [1.165, 1.54) is 45.2 Å². The van der Waals surface area contributed by atoms with Crippen molar-refractivity contribution in [1.29, 1.82) is 0 Å². The molecule has 6 heteroatoms. The second kappa shape index (κ2) is 11.7. The van der Waals surface area contributed by atoms with Gasteiger partial charge in [-0.3, -0.25) is 9.89 Å². The van der Waals surface area contributed by atoms with Gasteiger partial charge in [0, 0.05) is 45.9 Å². The topological polar surface area (TPSA) is 52.1 Å². The molecule has 0 amide bonds. The molecule has 0 aromatic carbocycles. The molecule has 0 aromatic heterocycles. The van der Waals surface area contributed by atoms with Crippen LogP contribution < -0.4 is 10.6 Å². The van der Waals surface area contributed by atoms with E-state index in [4.69, 9.17) is 9.73 Å². The maximum absolute atomic E-state index is 5.22. The highest BCUT2D eigenvalue weighted by Crippen LogP contribution is 2.25. The molecule has 0 spiro atoms. The van der Waals surface area contributed by atoms with E-state index in [1.807, 2.05) is 0 Å². The van der Waals surface area contributed by atoms with Gasteiger partial charge in [0.05, 0.1) is 13.2 Å². The number of nitrogens with zero attached hydrogens (tertiary/aromatic N) is 3. The summed E-state index contributed by atoms with van der Waals surface area (Å²) in [6.45, 7) is 11.3. The first-order valence-corrected chi connectivity index (χ1v) is 9.81. The second-order valence-corrected chi connectivity index (χ2v) is 6.85. The van der Waals surface area contributed by atoms with Crippen molar-refractivity contribution in [3.63, 3.8) is 0 Å². The van der Waals surface area contributed by atoms with E-state index in [0.29, 0.717) is 0 Å². The maximum Gasteiger partial charge on any atom is 0.191 e. The van der Waals surface area contributed by atoms with Gasteiger partial charge in [0.2, 0.25) is 0 Å². The summed E-state index contributed by atoms with van der Waals surface area (Å²) >= 11 is 0. The Morgan fingerprint density at radius 1 is 1.17 bits per heavy atom. The lowest BCUT2D eigenvalue weighted by molar-refractivity contribution is 0.144. The predicted octanol–water partition coefficient (Wildman–Crippen LogP) is 1.14. The second-order valence-electron chi connectivity index (χ2n) is 6.85. The Morgan fingerprint density at radius 3 is 2.62 bits per heavy atom. The number of ether oxygens (including phenoxy) is 1. The molecular weight excluding hydrogens is 302 g/mol. The highest BCUT2D eigenvalue weighted by atomic mass is 16.5. The average Bonchev–Trinajstić information content (AvgIpc) is 3.44. The van der Waals surface area contributed by atoms with E-state index >= 15 is 0 Å². The Bertz CT molecular complexity index is 353. The number of nitrogens with one attached hydrogen (secondary N) is 2. The molecule has 1 saturated heterocycles. The quantitative estimate of drug-likeness (QED) is 0.437. The molecule has 6 nitrogen and oxygen atoms in total. The average molecular weight is 340 g/mol. The summed E-state index contributed by atoms with van der Waals surface area (Å²) in [6.07, 6.45) is 6.77. The van der Waals surface area contributed by atoms with Crippen LogP contribution in [0.4, 0.5) is 0 Å². The van der Waals surface area contributed by atoms with Crippen molar-refractivity contribution in [3.8, 4) is 0 Å². The molecule has 0 bridgehead atoms. The zero-order chi connectivity index (χ0) is 17.0. The molecule has 2 N–H and O–H groups in total. The van der Waals surface area contributed by atoms with Crippen LogP contribution in [0.15, 0.2) is 4.99 Å². The van der Waals surface area contributed by atoms with Gasteiger partial charge in [0.25, 0.3) is 0 Å². The zero-order valence-electron chi connectivity index (χ0n) is 15.7. The van der Waals surface area contributed by atoms with Crippen LogP contribution in [0.1, 0.15) is 39.0 Å². The molecule has 2 fully saturated rings. The van der Waals surface area contributed by atoms with Gasteiger partial charge in [0.15, 0.2) is 5.96 Å². The summed E-state index contributed by atoms with van der Waals surface area (Å²) < 4.78 is 5.22. The normalized spacial score (nSPS) is 19.7. The minimum absolute atomic E-state index is 0.778. The minimum atomic E-state index is 0.778. The molecule has 2 aliphatic rings. The van der Waals surface area contributed by atoms with Gasteiger partial charge >= 0.3 is 0 Å². The van der Waals surface area contributed by atoms with Crippen molar-refractivity contribution in [1.82, 2.24) is 20.4 Å². The number of hydrogen-bond acceptors (Lipinski definition) is 4. The van der Waals surface area contributed by atoms with Gasteiger partial charge < -0.3 is 20.3 Å². The molecule has 1 aliphatic carbocycles. The number of guanidine groups is 1. The first-order valence-electron chi connectivity index (χ1n) is 9.81. The largest absolute Gasteiger partial charge is 0.383 e. The Kier molecular flexibility index (Phi) is 9.46. The Labute approximate surface area is 148 Å². The monoisotopic (exact) mass is 339 g/mol. The Balaban J connectivity index is 1.66. The summed E-state index contributed by atoms with van der Waals surface area (Å²) in [5, 5.41) is 6.85. The Morgan fingerprint density at radius 2 is 1.96 bits per heavy atom. The summed E-state index contributed by atoms with van der Waals surface area (Å²) in [5.74, 6) is 0.956. The van der Waals surface area contributed by atoms with Gasteiger partial charge in [-0.25, -0.2) is 0 Å². The van der Waals surface area contributed by atoms with Gasteiger partial charge in [-0.1, -0.05) is 6.42 Å². The van der Waals surface area contributed by atoms with E-state index in [0.717, 1.165) is 57.9 Å². The van der Waals surface area contributed by atoms with Crippen LogP contribution in [0, 0.1) is 0 Å². The first-order chi connectivity index (χ1) is 11.8. The molecule has 1 aliphatic heterocycles. The highest BCUT2D eigenvalue weighted by molar-refractivity contribution is 5.79. The molecule has 0 atom stereocenters. The lowest BCUT2D eigenvalue weighted by Gasteiger charge is -2.25. The van der Waals surface area contributed by atoms with Gasteiger partial charge in [-0.05, 0) is 45.7 Å². The lowest BCUT2D eigenvalue weighted by Crippen LogP contribution is -2.43. The van der Waals surface area contributed by atoms with Crippen LogP contribution in [0.3, 0.4) is 0 Å². The van der Waals surface area contributed by atoms with E-state index in [9.17, 15) is 0 Å². The molecule has 24 heavy (non-hydrogen) atoms. The molecule has 0 radical (unpaired) electrons. The lowest BCUT2D eigenvalue weighted by atomic mass is 10.1. The fourth-order valence-electron chi connectivity index (χ4n) is 3.27. The van der Waals surface area contributed by atoms with Crippen molar-refractivity contribution in [2.75, 3.05) is 66.1 Å². The minimum Gasteiger partial charge on any atom is -0.383 e. The molecular formula is C18H37N5O. The predicted molar refractivity (Wildman–Crippen MR) is 101 cm³/mol. The third kappa shape index (κ3) is 7.81. The standard InChI is InChI=1S/C18H37N5O/c1-3-19-18(20-9-13-22-11-5-4-6-12-22)21-10-14-23(15-16-24-2)17-7-8-17/h17H,3-16H2,1-2H3,(H2,19,20,21). The van der Waals surface area contributed by atoms with E-state index < -0.39 is 0 Å². The van der Waals surface area contributed by atoms with Crippen LogP contribution in [0.2, 0.25) is 0 Å². The van der Waals surface area contributed by atoms with Crippen LogP contribution in [-0.4, -0.2) is 87.9 Å². The van der Waals surface area contributed by atoms with Crippen LogP contribution in [-0.2, 0) is 4.74 Å². The van der Waals surface area contributed by atoms with Crippen molar-refractivity contribution >= 4 is 5.96 Å². The highest BCUT2D eigenvalue weighted by Gasteiger charge is 2.28. The van der Waals surface area contributed by atoms with Gasteiger partial charge in [0.1, 0.15) is 0 Å². The van der Waals surface area contributed by atoms with Crippen molar-refractivity contribution < 1.29 is 4.74 Å². The number of hydrogen-bond donors (Lipinski definition) is 2. The maximum atomic E-state index is 5.22. The number of likely N-dealkylation sites (tertiary alicyclic amines) is 1. The van der Waals surface area contributed by atoms with Gasteiger partial charge in [-0.2, -0.15) is 0 Å². The summed E-state index contributed by atoms with van der Waals surface area (Å²) in [7, 11) is 1.78. The number of aliphatic imine (C=N–C) groups is 1. The van der Waals surface area contributed by atoms with E-state index in [2.05, 4.69) is 27.4 Å². The Hall–Kier alpha value is -0.850. The van der Waals surface area contributed by atoms with Crippen molar-refractivity contribution in [2.45, 2.75) is 45.1 Å². The SMILES string of the molecule is CCNC(=NCCN1CCCCC1)NCCN(CCOC)C1CC1. The molecule has 0 unspecified atom stereocenters. The van der Waals surface area contributed by atoms with Crippen LogP contribution in [0.25, 0.3) is 0 Å². The van der Waals surface area contributed by atoms with Crippen LogP contribution in [0.5, 0.6) is 0 Å². The number of methoxy groups -OCH3 is 1. The summed E-state index contributed by atoms with van der Waals surface area (Å²) in [6, 6.07) is 0.778. The molecule has 1 heterocycles. The van der Waals surface area contributed by atoms with Gasteiger partial charge in [-0.15, -0.1) is 0 Å². The van der Waals surface area contributed by atoms with Crippen molar-refractivity contribution in [2.24, 2.45) is 4.99 Å². The van der Waals surface area contributed by atoms with Crippen molar-refractivity contribution in [3.05, 3.63) is 0 Å².